The van der Waals surface area contributed by atoms with Gasteiger partial charge in [0.05, 0.1) is 11.9 Å². The van der Waals surface area contributed by atoms with Gasteiger partial charge in [0.2, 0.25) is 11.9 Å². The summed E-state index contributed by atoms with van der Waals surface area (Å²) in [6, 6.07) is 17.1. The van der Waals surface area contributed by atoms with Crippen LogP contribution in [0.5, 0.6) is 0 Å². The first-order chi connectivity index (χ1) is 22.8. The number of anilines is 2. The van der Waals surface area contributed by atoms with Gasteiger partial charge in [-0.2, -0.15) is 19.6 Å². The summed E-state index contributed by atoms with van der Waals surface area (Å²) >= 11 is 0. The summed E-state index contributed by atoms with van der Waals surface area (Å²) in [6.07, 6.45) is 9.83. The number of nitrogens with zero attached hydrogens (tertiary/aromatic N) is 7. The number of aromatic nitrogens is 5. The molecule has 0 radical (unpaired) electrons. The number of ketones is 1. The maximum atomic E-state index is 12.6. The smallest absolute Gasteiger partial charge is 0.230 e. The Morgan fingerprint density at radius 1 is 1.09 bits per heavy atom. The number of nitrogens with one attached hydrogen (secondary N) is 2. The Labute approximate surface area is 276 Å². The standard InChI is InChI=1S/C37H45N9O/c1-25(2)33-24-41-46-35(33)42-37(45-19-15-29(38-3)16-20-45)43-36(46)40-23-28-9-6-7-11-31(28)34-32-13-12-26(21-27(32)14-17-39-34)22-30(47)10-8-18-44(4)5/h6-14,17,21,24-25,29,38H,15-16,18-20,22-23H2,1-5H3,(H,40,42,43)/b10-8+. The number of fused-ring (bicyclic) bond motifs is 2. The van der Waals surface area contributed by atoms with Crippen molar-refractivity contribution in [3.05, 3.63) is 89.8 Å². The maximum Gasteiger partial charge on any atom is 0.230 e. The zero-order chi connectivity index (χ0) is 32.9. The van der Waals surface area contributed by atoms with Gasteiger partial charge in [0, 0.05) is 61.4 Å². The van der Waals surface area contributed by atoms with Crippen LogP contribution in [0.3, 0.4) is 0 Å². The molecule has 6 rings (SSSR count). The largest absolute Gasteiger partial charge is 0.350 e. The van der Waals surface area contributed by atoms with Crippen molar-refractivity contribution in [2.24, 2.45) is 0 Å². The number of allylic oxidation sites excluding steroid dienone is 1. The topological polar surface area (TPSA) is 104 Å². The molecule has 1 aliphatic heterocycles. The summed E-state index contributed by atoms with van der Waals surface area (Å²) in [6.45, 7) is 7.43. The molecule has 2 N–H and O–H groups in total. The Morgan fingerprint density at radius 3 is 2.66 bits per heavy atom. The number of hydrogen-bond donors (Lipinski definition) is 2. The van der Waals surface area contributed by atoms with Gasteiger partial charge >= 0.3 is 0 Å². The highest BCUT2D eigenvalue weighted by Gasteiger charge is 2.23. The lowest BCUT2D eigenvalue weighted by atomic mass is 9.97. The third kappa shape index (κ3) is 7.34. The minimum atomic E-state index is 0.0963. The highest BCUT2D eigenvalue weighted by Crippen LogP contribution is 2.31. The Hall–Kier alpha value is -4.67. The van der Waals surface area contributed by atoms with Crippen LogP contribution >= 0.6 is 0 Å². The number of hydrogen-bond acceptors (Lipinski definition) is 9. The molecular weight excluding hydrogens is 586 g/mol. The van der Waals surface area contributed by atoms with Gasteiger partial charge in [-0.15, -0.1) is 0 Å². The summed E-state index contributed by atoms with van der Waals surface area (Å²) in [5.41, 5.74) is 5.98. The average molecular weight is 632 g/mol. The van der Waals surface area contributed by atoms with E-state index in [1.807, 2.05) is 67.2 Å². The van der Waals surface area contributed by atoms with Gasteiger partial charge in [-0.25, -0.2) is 0 Å². The van der Waals surface area contributed by atoms with Gasteiger partial charge in [0.25, 0.3) is 0 Å². The first-order valence-electron chi connectivity index (χ1n) is 16.5. The van der Waals surface area contributed by atoms with E-state index in [1.54, 1.807) is 6.08 Å². The summed E-state index contributed by atoms with van der Waals surface area (Å²) in [7, 11) is 6.00. The second-order valence-corrected chi connectivity index (χ2v) is 12.9. The fourth-order valence-corrected chi connectivity index (χ4v) is 6.20. The fraction of sp³-hybridized carbons (Fsp3) is 0.378. The molecule has 3 aromatic heterocycles. The van der Waals surface area contributed by atoms with Crippen molar-refractivity contribution in [2.45, 2.75) is 51.6 Å². The third-order valence-electron chi connectivity index (χ3n) is 8.88. The Morgan fingerprint density at radius 2 is 1.89 bits per heavy atom. The Kier molecular flexibility index (Phi) is 9.89. The van der Waals surface area contributed by atoms with Gasteiger partial charge in [0.1, 0.15) is 0 Å². The number of rotatable bonds is 12. The quantitative estimate of drug-likeness (QED) is 0.173. The van der Waals surface area contributed by atoms with Crippen LogP contribution in [0.15, 0.2) is 73.1 Å². The molecule has 10 nitrogen and oxygen atoms in total. The normalized spacial score (nSPS) is 14.3. The number of pyridine rings is 1. The van der Waals surface area contributed by atoms with Crippen LogP contribution in [0.4, 0.5) is 11.9 Å². The van der Waals surface area contributed by atoms with Crippen LogP contribution in [0.1, 0.15) is 49.3 Å². The van der Waals surface area contributed by atoms with Gasteiger partial charge in [-0.3, -0.25) is 9.78 Å². The fourth-order valence-electron chi connectivity index (χ4n) is 6.20. The Bertz CT molecular complexity index is 1890. The molecular formula is C37H45N9O. The van der Waals surface area contributed by atoms with Gasteiger partial charge in [-0.1, -0.05) is 62.4 Å². The number of carbonyl (C=O) groups excluding carboxylic acids is 1. The molecule has 244 valence electrons. The molecule has 0 amide bonds. The zero-order valence-corrected chi connectivity index (χ0v) is 28.1. The van der Waals surface area contributed by atoms with E-state index in [2.05, 4.69) is 59.7 Å². The van der Waals surface area contributed by atoms with E-state index >= 15 is 0 Å². The molecule has 1 fully saturated rings. The third-order valence-corrected chi connectivity index (χ3v) is 8.88. The van der Waals surface area contributed by atoms with Crippen LogP contribution in [0, 0.1) is 0 Å². The average Bonchev–Trinajstić information content (AvgIpc) is 3.51. The van der Waals surface area contributed by atoms with Gasteiger partial charge in [0.15, 0.2) is 11.4 Å². The van der Waals surface area contributed by atoms with Crippen LogP contribution in [-0.2, 0) is 17.8 Å². The lowest BCUT2D eigenvalue weighted by Crippen LogP contribution is -2.42. The summed E-state index contributed by atoms with van der Waals surface area (Å²) in [4.78, 5) is 31.7. The van der Waals surface area contributed by atoms with E-state index in [4.69, 9.17) is 20.1 Å². The number of carbonyl (C=O) groups is 1. The van der Waals surface area contributed by atoms with Gasteiger partial charge in [-0.05, 0) is 68.6 Å². The van der Waals surface area contributed by atoms with Crippen LogP contribution in [0.2, 0.25) is 0 Å². The molecule has 2 aromatic carbocycles. The molecule has 4 heterocycles. The molecule has 0 aliphatic carbocycles. The van der Waals surface area contributed by atoms with Crippen LogP contribution in [-0.4, -0.2) is 82.1 Å². The van der Waals surface area contributed by atoms with E-state index < -0.39 is 0 Å². The molecule has 0 unspecified atom stereocenters. The summed E-state index contributed by atoms with van der Waals surface area (Å²) in [5, 5.41) is 13.8. The molecule has 10 heteroatoms. The number of benzene rings is 2. The molecule has 0 atom stereocenters. The minimum Gasteiger partial charge on any atom is -0.350 e. The molecule has 1 aliphatic rings. The van der Waals surface area contributed by atoms with Crippen LogP contribution < -0.4 is 15.5 Å². The maximum absolute atomic E-state index is 12.6. The van der Waals surface area contributed by atoms with Crippen molar-refractivity contribution in [3.63, 3.8) is 0 Å². The Balaban J connectivity index is 1.27. The molecule has 0 spiro atoms. The lowest BCUT2D eigenvalue weighted by molar-refractivity contribution is -0.114. The highest BCUT2D eigenvalue weighted by molar-refractivity contribution is 5.97. The second-order valence-electron chi connectivity index (χ2n) is 12.9. The lowest BCUT2D eigenvalue weighted by Gasteiger charge is -2.32. The van der Waals surface area contributed by atoms with Crippen molar-refractivity contribution in [1.82, 2.24) is 34.8 Å². The van der Waals surface area contributed by atoms with Crippen molar-refractivity contribution >= 4 is 34.1 Å². The first-order valence-corrected chi connectivity index (χ1v) is 16.5. The second kappa shape index (κ2) is 14.4. The van der Waals surface area contributed by atoms with Crippen molar-refractivity contribution in [3.8, 4) is 11.3 Å². The molecule has 0 bridgehead atoms. The zero-order valence-electron chi connectivity index (χ0n) is 28.1. The molecule has 5 aromatic rings. The van der Waals surface area contributed by atoms with E-state index in [0.717, 1.165) is 82.8 Å². The van der Waals surface area contributed by atoms with Crippen molar-refractivity contribution in [2.75, 3.05) is 51.0 Å². The highest BCUT2D eigenvalue weighted by atomic mass is 16.1. The molecule has 47 heavy (non-hydrogen) atoms. The number of piperidine rings is 1. The molecule has 0 saturated carbocycles. The predicted molar refractivity (Wildman–Crippen MR) is 190 cm³/mol. The van der Waals surface area contributed by atoms with Crippen LogP contribution in [0.25, 0.3) is 27.7 Å². The van der Waals surface area contributed by atoms with Crippen molar-refractivity contribution in [1.29, 1.82) is 0 Å². The minimum absolute atomic E-state index is 0.0963. The first kappa shape index (κ1) is 32.3. The van der Waals surface area contributed by atoms with E-state index in [0.29, 0.717) is 25.0 Å². The summed E-state index contributed by atoms with van der Waals surface area (Å²) in [5.74, 6) is 1.79. The predicted octanol–water partition coefficient (Wildman–Crippen LogP) is 5.49. The van der Waals surface area contributed by atoms with E-state index in [1.165, 1.54) is 0 Å². The number of likely N-dealkylation sites (N-methyl/N-ethyl adjacent to an activating group) is 1. The monoisotopic (exact) mass is 631 g/mol. The molecule has 1 saturated heterocycles. The van der Waals surface area contributed by atoms with Gasteiger partial charge < -0.3 is 20.4 Å². The van der Waals surface area contributed by atoms with E-state index in [-0.39, 0.29) is 11.7 Å². The SMILES string of the molecule is CNC1CCN(c2nc(NCc3ccccc3-c3nccc4cc(CC(=O)/C=C/CN(C)C)ccc34)n3ncc(C(C)C)c3n2)CC1. The van der Waals surface area contributed by atoms with E-state index in [9.17, 15) is 4.79 Å². The van der Waals surface area contributed by atoms with Crippen molar-refractivity contribution < 1.29 is 4.79 Å². The summed E-state index contributed by atoms with van der Waals surface area (Å²) < 4.78 is 1.83.